The van der Waals surface area contributed by atoms with E-state index >= 15 is 0 Å². The fourth-order valence-corrected chi connectivity index (χ4v) is 6.00. The number of hydrogen-bond acceptors (Lipinski definition) is 1. The first-order valence-corrected chi connectivity index (χ1v) is 13.7. The molecule has 0 atom stereocenters. The number of benzene rings is 2. The minimum atomic E-state index is -1.38. The number of pyridine rings is 1. The van der Waals surface area contributed by atoms with E-state index in [1.165, 1.54) is 36.6 Å². The summed E-state index contributed by atoms with van der Waals surface area (Å²) in [7, 11) is -1.38. The molecule has 0 amide bonds. The van der Waals surface area contributed by atoms with Gasteiger partial charge in [0.05, 0.1) is 13.8 Å². The van der Waals surface area contributed by atoms with Gasteiger partial charge in [-0.05, 0) is 63.0 Å². The molecule has 4 rings (SSSR count). The zero-order valence-electron chi connectivity index (χ0n) is 16.0. The quantitative estimate of drug-likeness (QED) is 0.322. The van der Waals surface area contributed by atoms with Crippen molar-refractivity contribution in [2.75, 3.05) is 0 Å². The van der Waals surface area contributed by atoms with Crippen LogP contribution in [0, 0.1) is 3.57 Å². The van der Waals surface area contributed by atoms with Crippen molar-refractivity contribution >= 4 is 35.9 Å². The van der Waals surface area contributed by atoms with Crippen LogP contribution in [0.5, 0.6) is 0 Å². The van der Waals surface area contributed by atoms with Crippen molar-refractivity contribution in [3.05, 3.63) is 69.4 Å². The van der Waals surface area contributed by atoms with E-state index in [4.69, 9.17) is 4.98 Å². The molecule has 0 unspecified atom stereocenters. The van der Waals surface area contributed by atoms with Crippen LogP contribution in [0.1, 0.15) is 25.0 Å². The molecule has 3 heteroatoms. The van der Waals surface area contributed by atoms with Gasteiger partial charge in [-0.3, -0.25) is 4.98 Å². The smallest absolute Gasteiger partial charge is 0.0777 e. The maximum Gasteiger partial charge on any atom is 0.0777 e. The standard InChI is InChI=1S/C23H24INSi/c1-23(2)18-9-7-6-8-16(18)17-10-11-19(24)21(22(17)23)20-14-15(12-13-25-20)26(3,4)5/h6-14H,1-5H3. The number of halogens is 1. The summed E-state index contributed by atoms with van der Waals surface area (Å²) in [6.07, 6.45) is 1.99. The Hall–Kier alpha value is -1.46. The van der Waals surface area contributed by atoms with E-state index in [2.05, 4.69) is 105 Å². The molecular formula is C23H24INSi. The Morgan fingerprint density at radius 1 is 0.923 bits per heavy atom. The van der Waals surface area contributed by atoms with Crippen molar-refractivity contribution in [3.63, 3.8) is 0 Å². The molecule has 3 aromatic rings. The van der Waals surface area contributed by atoms with Gasteiger partial charge in [-0.2, -0.15) is 0 Å². The van der Waals surface area contributed by atoms with Crippen LogP contribution in [-0.2, 0) is 5.41 Å². The van der Waals surface area contributed by atoms with Gasteiger partial charge in [-0.15, -0.1) is 0 Å². The molecule has 2 aromatic carbocycles. The first-order chi connectivity index (χ1) is 12.2. The third kappa shape index (κ3) is 2.67. The number of fused-ring (bicyclic) bond motifs is 3. The van der Waals surface area contributed by atoms with Crippen LogP contribution in [0.2, 0.25) is 19.6 Å². The van der Waals surface area contributed by atoms with E-state index in [1.54, 1.807) is 0 Å². The number of rotatable bonds is 2. The van der Waals surface area contributed by atoms with Crippen LogP contribution in [-0.4, -0.2) is 13.1 Å². The van der Waals surface area contributed by atoms with Crippen LogP contribution in [0.15, 0.2) is 54.7 Å². The van der Waals surface area contributed by atoms with Crippen molar-refractivity contribution in [3.8, 4) is 22.4 Å². The second kappa shape index (κ2) is 6.03. The van der Waals surface area contributed by atoms with Crippen molar-refractivity contribution < 1.29 is 0 Å². The van der Waals surface area contributed by atoms with E-state index in [0.29, 0.717) is 0 Å². The molecule has 1 aliphatic carbocycles. The molecule has 1 aliphatic rings. The average Bonchev–Trinajstić information content (AvgIpc) is 2.83. The summed E-state index contributed by atoms with van der Waals surface area (Å²) in [5.41, 5.74) is 7.98. The summed E-state index contributed by atoms with van der Waals surface area (Å²) in [5.74, 6) is 0. The Morgan fingerprint density at radius 2 is 1.65 bits per heavy atom. The van der Waals surface area contributed by atoms with Crippen molar-refractivity contribution in [1.82, 2.24) is 4.98 Å². The van der Waals surface area contributed by atoms with E-state index in [-0.39, 0.29) is 5.41 Å². The van der Waals surface area contributed by atoms with E-state index in [9.17, 15) is 0 Å². The van der Waals surface area contributed by atoms with E-state index in [1.807, 2.05) is 6.20 Å². The summed E-state index contributed by atoms with van der Waals surface area (Å²) in [6, 6.07) is 17.9. The molecule has 0 saturated carbocycles. The molecule has 0 spiro atoms. The van der Waals surface area contributed by atoms with E-state index < -0.39 is 8.07 Å². The van der Waals surface area contributed by atoms with Crippen molar-refractivity contribution in [1.29, 1.82) is 0 Å². The lowest BCUT2D eigenvalue weighted by atomic mass is 9.79. The first-order valence-electron chi connectivity index (χ1n) is 9.11. The van der Waals surface area contributed by atoms with Crippen LogP contribution in [0.25, 0.3) is 22.4 Å². The molecule has 26 heavy (non-hydrogen) atoms. The number of nitrogens with zero attached hydrogens (tertiary/aromatic N) is 1. The maximum atomic E-state index is 4.81. The van der Waals surface area contributed by atoms with Gasteiger partial charge in [0.25, 0.3) is 0 Å². The van der Waals surface area contributed by atoms with Gasteiger partial charge in [0, 0.05) is 20.7 Å². The zero-order chi connectivity index (χ0) is 18.7. The fourth-order valence-electron chi connectivity index (χ4n) is 4.13. The monoisotopic (exact) mass is 469 g/mol. The molecule has 0 fully saturated rings. The molecule has 1 nitrogen and oxygen atoms in total. The Labute approximate surface area is 171 Å². The second-order valence-electron chi connectivity index (χ2n) is 8.70. The van der Waals surface area contributed by atoms with Gasteiger partial charge >= 0.3 is 0 Å². The highest BCUT2D eigenvalue weighted by molar-refractivity contribution is 14.1. The maximum absolute atomic E-state index is 4.81. The van der Waals surface area contributed by atoms with Crippen LogP contribution >= 0.6 is 22.6 Å². The molecule has 0 N–H and O–H groups in total. The zero-order valence-corrected chi connectivity index (χ0v) is 19.2. The molecule has 1 heterocycles. The van der Waals surface area contributed by atoms with Crippen molar-refractivity contribution in [2.45, 2.75) is 38.9 Å². The van der Waals surface area contributed by atoms with Crippen LogP contribution in [0.4, 0.5) is 0 Å². The van der Waals surface area contributed by atoms with Crippen LogP contribution < -0.4 is 5.19 Å². The minimum absolute atomic E-state index is 0.0146. The van der Waals surface area contributed by atoms with Gasteiger partial charge in [0.2, 0.25) is 0 Å². The van der Waals surface area contributed by atoms with Gasteiger partial charge in [-0.1, -0.05) is 69.0 Å². The highest BCUT2D eigenvalue weighted by atomic mass is 127. The molecule has 1 aromatic heterocycles. The molecule has 0 aliphatic heterocycles. The lowest BCUT2D eigenvalue weighted by molar-refractivity contribution is 0.661. The summed E-state index contributed by atoms with van der Waals surface area (Å²) in [4.78, 5) is 4.81. The average molecular weight is 469 g/mol. The lowest BCUT2D eigenvalue weighted by Crippen LogP contribution is -2.37. The Balaban J connectivity index is 2.02. The molecule has 132 valence electrons. The normalized spacial score (nSPS) is 14.8. The summed E-state index contributed by atoms with van der Waals surface area (Å²) in [5, 5.41) is 1.46. The topological polar surface area (TPSA) is 12.9 Å². The van der Waals surface area contributed by atoms with Gasteiger partial charge in [0.1, 0.15) is 0 Å². The third-order valence-electron chi connectivity index (χ3n) is 5.55. The lowest BCUT2D eigenvalue weighted by Gasteiger charge is -2.25. The summed E-state index contributed by atoms with van der Waals surface area (Å²) in [6.45, 7) is 11.9. The predicted octanol–water partition coefficient (Wildman–Crippen LogP) is 6.20. The highest BCUT2D eigenvalue weighted by Crippen LogP contribution is 2.52. The molecule has 0 saturated heterocycles. The largest absolute Gasteiger partial charge is 0.256 e. The summed E-state index contributed by atoms with van der Waals surface area (Å²) >= 11 is 2.48. The van der Waals surface area contributed by atoms with Gasteiger partial charge in [0.15, 0.2) is 0 Å². The Bertz CT molecular complexity index is 1010. The van der Waals surface area contributed by atoms with E-state index in [0.717, 1.165) is 5.69 Å². The number of aromatic nitrogens is 1. The fraction of sp³-hybridized carbons (Fsp3) is 0.261. The predicted molar refractivity (Wildman–Crippen MR) is 123 cm³/mol. The molecule has 0 radical (unpaired) electrons. The number of hydrogen-bond donors (Lipinski definition) is 0. The minimum Gasteiger partial charge on any atom is -0.256 e. The highest BCUT2D eigenvalue weighted by Gasteiger charge is 2.38. The third-order valence-corrected chi connectivity index (χ3v) is 8.49. The second-order valence-corrected chi connectivity index (χ2v) is 14.9. The SMILES string of the molecule is CC1(C)c2ccccc2-c2ccc(I)c(-c3cc([Si](C)(C)C)ccn3)c21. The molecule has 0 bridgehead atoms. The first kappa shape index (κ1) is 17.9. The summed E-state index contributed by atoms with van der Waals surface area (Å²) < 4.78 is 1.28. The van der Waals surface area contributed by atoms with Gasteiger partial charge < -0.3 is 0 Å². The van der Waals surface area contributed by atoms with Crippen molar-refractivity contribution in [2.24, 2.45) is 0 Å². The Morgan fingerprint density at radius 3 is 2.38 bits per heavy atom. The van der Waals surface area contributed by atoms with Crippen LogP contribution in [0.3, 0.4) is 0 Å². The molecular weight excluding hydrogens is 445 g/mol. The van der Waals surface area contributed by atoms with Gasteiger partial charge in [-0.25, -0.2) is 0 Å². The Kier molecular flexibility index (Phi) is 4.16.